The summed E-state index contributed by atoms with van der Waals surface area (Å²) in [6.07, 6.45) is -1.26. The maximum atomic E-state index is 14.4. The summed E-state index contributed by atoms with van der Waals surface area (Å²) in [6, 6.07) is 1.36. The van der Waals surface area contributed by atoms with E-state index in [1.165, 1.54) is 35.7 Å². The second-order valence-electron chi connectivity index (χ2n) is 6.10. The van der Waals surface area contributed by atoms with E-state index in [1.807, 2.05) is 6.92 Å². The first-order valence-electron chi connectivity index (χ1n) is 7.72. The first-order chi connectivity index (χ1) is 12.3. The van der Waals surface area contributed by atoms with Gasteiger partial charge in [0.05, 0.1) is 24.9 Å². The fourth-order valence-corrected chi connectivity index (χ4v) is 3.17. The summed E-state index contributed by atoms with van der Waals surface area (Å²) in [4.78, 5) is 4.63. The number of nitrogens with zero attached hydrogens (tertiary/aromatic N) is 2. The van der Waals surface area contributed by atoms with Crippen LogP contribution in [0.2, 0.25) is 0 Å². The van der Waals surface area contributed by atoms with Gasteiger partial charge in [-0.1, -0.05) is 0 Å². The van der Waals surface area contributed by atoms with Gasteiger partial charge >= 0.3 is 6.43 Å². The number of halogens is 3. The van der Waals surface area contributed by atoms with E-state index in [2.05, 4.69) is 15.0 Å². The highest BCUT2D eigenvalue weighted by molar-refractivity contribution is 7.97. The third-order valence-corrected chi connectivity index (χ3v) is 4.85. The number of pyridine rings is 1. The van der Waals surface area contributed by atoms with Crippen molar-refractivity contribution in [3.8, 4) is 0 Å². The lowest BCUT2D eigenvalue weighted by molar-refractivity contribution is -0.0510. The molecule has 2 aromatic rings. The van der Waals surface area contributed by atoms with Crippen LogP contribution < -0.4 is 10.0 Å². The summed E-state index contributed by atoms with van der Waals surface area (Å²) in [7, 11) is 1.47. The van der Waals surface area contributed by atoms with Crippen molar-refractivity contribution in [2.24, 2.45) is 0 Å². The van der Waals surface area contributed by atoms with Gasteiger partial charge in [-0.2, -0.15) is 8.78 Å². The minimum Gasteiger partial charge on any atom is -0.450 e. The van der Waals surface area contributed by atoms with Crippen LogP contribution in [-0.2, 0) is 9.47 Å². The van der Waals surface area contributed by atoms with Crippen LogP contribution in [-0.4, -0.2) is 47.5 Å². The van der Waals surface area contributed by atoms with Gasteiger partial charge in [-0.05, 0) is 32.0 Å². The average Bonchev–Trinajstić information content (AvgIpc) is 3.00. The fraction of sp³-hybridized carbons (Fsp3) is 0.467. The summed E-state index contributed by atoms with van der Waals surface area (Å²) >= 11 is 1.24. The van der Waals surface area contributed by atoms with Gasteiger partial charge in [0.1, 0.15) is 11.3 Å². The molecule has 3 heterocycles. The molecular formula is C15H18F3N5O2S. The molecule has 0 amide bonds. The molecule has 1 fully saturated rings. The molecule has 142 valence electrons. The lowest BCUT2D eigenvalue weighted by atomic mass is 10.0. The largest absolute Gasteiger partial charge is 0.450 e. The van der Waals surface area contributed by atoms with E-state index >= 15 is 0 Å². The third kappa shape index (κ3) is 3.80. The molecule has 1 unspecified atom stereocenters. The van der Waals surface area contributed by atoms with Crippen LogP contribution in [0.1, 0.15) is 19.0 Å². The second kappa shape index (κ2) is 7.43. The van der Waals surface area contributed by atoms with Crippen molar-refractivity contribution in [2.45, 2.75) is 30.0 Å². The zero-order valence-electron chi connectivity index (χ0n) is 14.1. The zero-order chi connectivity index (χ0) is 18.9. The first-order valence-corrected chi connectivity index (χ1v) is 8.53. The molecule has 0 spiro atoms. The average molecular weight is 389 g/mol. The van der Waals surface area contributed by atoms with Crippen molar-refractivity contribution in [1.82, 2.24) is 19.4 Å². The predicted molar refractivity (Wildman–Crippen MR) is 90.0 cm³/mol. The summed E-state index contributed by atoms with van der Waals surface area (Å²) in [5, 5.41) is 9.84. The van der Waals surface area contributed by atoms with Gasteiger partial charge in [0.2, 0.25) is 6.23 Å². The molecule has 0 bridgehead atoms. The summed E-state index contributed by atoms with van der Waals surface area (Å²) in [6.45, 7) is 3.11. The van der Waals surface area contributed by atoms with Crippen molar-refractivity contribution in [3.63, 3.8) is 0 Å². The van der Waals surface area contributed by atoms with E-state index in [0.717, 1.165) is 0 Å². The molecular weight excluding hydrogens is 371 g/mol. The molecule has 1 atom stereocenters. The van der Waals surface area contributed by atoms with Crippen LogP contribution in [0.25, 0.3) is 5.52 Å². The Labute approximate surface area is 151 Å². The van der Waals surface area contributed by atoms with Gasteiger partial charge in [0.15, 0.2) is 5.82 Å². The molecule has 3 N–H and O–H groups in total. The Hall–Kier alpha value is -1.82. The van der Waals surface area contributed by atoms with Crippen molar-refractivity contribution in [3.05, 3.63) is 30.1 Å². The van der Waals surface area contributed by atoms with Crippen LogP contribution >= 0.6 is 11.9 Å². The lowest BCUT2D eigenvalue weighted by Gasteiger charge is -2.38. The molecule has 2 aromatic heterocycles. The fourth-order valence-electron chi connectivity index (χ4n) is 2.37. The van der Waals surface area contributed by atoms with E-state index in [1.54, 1.807) is 6.20 Å². The summed E-state index contributed by atoms with van der Waals surface area (Å²) < 4.78 is 54.2. The summed E-state index contributed by atoms with van der Waals surface area (Å²) in [5.41, 5.74) is -0.00780. The molecule has 3 rings (SSSR count). The predicted octanol–water partition coefficient (Wildman–Crippen LogP) is 2.34. The second-order valence-corrected chi connectivity index (χ2v) is 6.98. The van der Waals surface area contributed by atoms with E-state index in [-0.39, 0.29) is 16.9 Å². The van der Waals surface area contributed by atoms with Gasteiger partial charge in [0.25, 0.3) is 5.90 Å². The van der Waals surface area contributed by atoms with Gasteiger partial charge in [0, 0.05) is 11.1 Å². The number of nitrogens with one attached hydrogen (secondary N) is 3. The van der Waals surface area contributed by atoms with Crippen LogP contribution in [0.3, 0.4) is 0 Å². The number of alkyl halides is 2. The van der Waals surface area contributed by atoms with Crippen LogP contribution in [0.4, 0.5) is 13.2 Å². The van der Waals surface area contributed by atoms with Crippen LogP contribution in [0, 0.1) is 11.2 Å². The minimum absolute atomic E-state index is 0.160. The van der Waals surface area contributed by atoms with Crippen molar-refractivity contribution in [1.29, 1.82) is 5.41 Å². The Morgan fingerprint density at radius 1 is 1.50 bits per heavy atom. The van der Waals surface area contributed by atoms with Gasteiger partial charge in [-0.15, -0.1) is 0 Å². The number of fused-ring (bicyclic) bond motifs is 1. The number of imidazole rings is 1. The van der Waals surface area contributed by atoms with E-state index in [9.17, 15) is 13.2 Å². The molecule has 0 saturated carbocycles. The lowest BCUT2D eigenvalue weighted by Crippen LogP contribution is -2.55. The highest BCUT2D eigenvalue weighted by Crippen LogP contribution is 2.27. The molecule has 11 heteroatoms. The number of ether oxygens (including phenoxy) is 2. The smallest absolute Gasteiger partial charge is 0.312 e. The molecule has 0 aliphatic carbocycles. The zero-order valence-corrected chi connectivity index (χ0v) is 14.9. The maximum absolute atomic E-state index is 14.4. The molecule has 7 nitrogen and oxygen atoms in total. The number of rotatable bonds is 7. The van der Waals surface area contributed by atoms with Crippen molar-refractivity contribution < 1.29 is 22.6 Å². The number of aromatic nitrogens is 2. The Balaban J connectivity index is 1.87. The van der Waals surface area contributed by atoms with Gasteiger partial charge < -0.3 is 9.47 Å². The molecule has 1 saturated heterocycles. The van der Waals surface area contributed by atoms with Crippen molar-refractivity contribution >= 4 is 23.4 Å². The Kier molecular flexibility index (Phi) is 5.42. The Bertz CT molecular complexity index is 812. The Morgan fingerprint density at radius 2 is 2.23 bits per heavy atom. The number of hydrogen-bond donors (Lipinski definition) is 3. The number of hydrogen-bond acceptors (Lipinski definition) is 7. The van der Waals surface area contributed by atoms with E-state index in [4.69, 9.17) is 14.9 Å². The minimum atomic E-state index is -3.05. The molecule has 26 heavy (non-hydrogen) atoms. The highest BCUT2D eigenvalue weighted by atomic mass is 32.2. The molecule has 0 aromatic carbocycles. The van der Waals surface area contributed by atoms with Crippen LogP contribution in [0.15, 0.2) is 23.4 Å². The standard InChI is InChI=1S/C15H18F3N5O2S/c1-15(6-24-7-15)22-26-8-3-9(16)10-4-21-13(23(10)5-8)14(20-2)25-12(19)11(17)18/h3-5,11,14,19-20,22H,6-7H2,1-2H3. The quantitative estimate of drug-likeness (QED) is 0.292. The van der Waals surface area contributed by atoms with E-state index < -0.39 is 24.4 Å². The van der Waals surface area contributed by atoms with Crippen LogP contribution in [0.5, 0.6) is 0 Å². The molecule has 1 aliphatic heterocycles. The van der Waals surface area contributed by atoms with Crippen molar-refractivity contribution in [2.75, 3.05) is 20.3 Å². The topological polar surface area (TPSA) is 83.7 Å². The first kappa shape index (κ1) is 19.0. The van der Waals surface area contributed by atoms with Gasteiger partial charge in [-0.3, -0.25) is 15.1 Å². The molecule has 0 radical (unpaired) electrons. The third-order valence-electron chi connectivity index (χ3n) is 3.79. The van der Waals surface area contributed by atoms with E-state index in [0.29, 0.717) is 18.1 Å². The Morgan fingerprint density at radius 3 is 2.81 bits per heavy atom. The van der Waals surface area contributed by atoms with Gasteiger partial charge in [-0.25, -0.2) is 14.1 Å². The monoisotopic (exact) mass is 389 g/mol. The molecule has 1 aliphatic rings. The highest BCUT2D eigenvalue weighted by Gasteiger charge is 2.33. The summed E-state index contributed by atoms with van der Waals surface area (Å²) in [5.74, 6) is -1.54. The maximum Gasteiger partial charge on any atom is 0.312 e. The SMILES string of the molecule is CNC(OC(=N)C(F)F)c1ncc2c(F)cc(SNC3(C)COC3)cn12. The normalized spacial score (nSPS) is 17.3.